The summed E-state index contributed by atoms with van der Waals surface area (Å²) in [7, 11) is 0. The van der Waals surface area contributed by atoms with E-state index >= 15 is 0 Å². The maximum atomic E-state index is 11.5. The SMILES string of the molecule is CC(C)CN(Cc1c(C(=O)O)oc2ccccc12)C(C)C. The average Bonchev–Trinajstić information content (AvgIpc) is 2.76. The molecule has 0 atom stereocenters. The van der Waals surface area contributed by atoms with Crippen LogP contribution < -0.4 is 0 Å². The highest BCUT2D eigenvalue weighted by Crippen LogP contribution is 2.28. The lowest BCUT2D eigenvalue weighted by molar-refractivity contribution is 0.0660. The van der Waals surface area contributed by atoms with Gasteiger partial charge < -0.3 is 9.52 Å². The number of benzene rings is 1. The summed E-state index contributed by atoms with van der Waals surface area (Å²) in [5.74, 6) is -0.418. The van der Waals surface area contributed by atoms with E-state index in [9.17, 15) is 9.90 Å². The number of carbonyl (C=O) groups is 1. The second-order valence-corrected chi connectivity index (χ2v) is 6.13. The third kappa shape index (κ3) is 3.45. The molecule has 0 amide bonds. The van der Waals surface area contributed by atoms with E-state index in [-0.39, 0.29) is 5.76 Å². The highest BCUT2D eigenvalue weighted by molar-refractivity contribution is 5.95. The summed E-state index contributed by atoms with van der Waals surface area (Å²) in [6.07, 6.45) is 0. The van der Waals surface area contributed by atoms with Crippen molar-refractivity contribution in [3.8, 4) is 0 Å². The van der Waals surface area contributed by atoms with Gasteiger partial charge in [0.25, 0.3) is 0 Å². The molecule has 1 aromatic heterocycles. The first kappa shape index (κ1) is 15.6. The van der Waals surface area contributed by atoms with Crippen LogP contribution in [0.25, 0.3) is 11.0 Å². The second kappa shape index (κ2) is 6.31. The zero-order valence-electron chi connectivity index (χ0n) is 13.1. The molecule has 114 valence electrons. The number of fused-ring (bicyclic) bond motifs is 1. The summed E-state index contributed by atoms with van der Waals surface area (Å²) in [5.41, 5.74) is 1.41. The van der Waals surface area contributed by atoms with Gasteiger partial charge in [-0.25, -0.2) is 4.79 Å². The largest absolute Gasteiger partial charge is 0.475 e. The summed E-state index contributed by atoms with van der Waals surface area (Å²) in [6.45, 7) is 10.1. The highest BCUT2D eigenvalue weighted by atomic mass is 16.4. The number of nitrogens with zero attached hydrogens (tertiary/aromatic N) is 1. The zero-order chi connectivity index (χ0) is 15.6. The fourth-order valence-electron chi connectivity index (χ4n) is 2.56. The number of hydrogen-bond acceptors (Lipinski definition) is 3. The van der Waals surface area contributed by atoms with Gasteiger partial charge in [-0.05, 0) is 25.8 Å². The molecule has 0 saturated heterocycles. The van der Waals surface area contributed by atoms with Gasteiger partial charge in [-0.3, -0.25) is 4.90 Å². The van der Waals surface area contributed by atoms with Gasteiger partial charge >= 0.3 is 5.97 Å². The van der Waals surface area contributed by atoms with Crippen LogP contribution in [0.15, 0.2) is 28.7 Å². The molecule has 0 unspecified atom stereocenters. The van der Waals surface area contributed by atoms with E-state index in [0.29, 0.717) is 24.1 Å². The van der Waals surface area contributed by atoms with Crippen LogP contribution in [-0.2, 0) is 6.54 Å². The summed E-state index contributed by atoms with van der Waals surface area (Å²) in [4.78, 5) is 13.7. The van der Waals surface area contributed by atoms with Gasteiger partial charge in [0, 0.05) is 30.1 Å². The minimum Gasteiger partial charge on any atom is -0.475 e. The van der Waals surface area contributed by atoms with Crippen molar-refractivity contribution in [3.05, 3.63) is 35.6 Å². The topological polar surface area (TPSA) is 53.7 Å². The molecule has 0 saturated carbocycles. The second-order valence-electron chi connectivity index (χ2n) is 6.13. The predicted octanol–water partition coefficient (Wildman–Crippen LogP) is 4.00. The third-order valence-corrected chi connectivity index (χ3v) is 3.58. The maximum absolute atomic E-state index is 11.5. The molecule has 0 aliphatic heterocycles. The highest BCUT2D eigenvalue weighted by Gasteiger charge is 2.23. The van der Waals surface area contributed by atoms with Crippen molar-refractivity contribution in [3.63, 3.8) is 0 Å². The Hall–Kier alpha value is -1.81. The van der Waals surface area contributed by atoms with Gasteiger partial charge in [0.1, 0.15) is 5.58 Å². The number of para-hydroxylation sites is 1. The fourth-order valence-corrected chi connectivity index (χ4v) is 2.56. The maximum Gasteiger partial charge on any atom is 0.372 e. The van der Waals surface area contributed by atoms with Crippen LogP contribution in [0.4, 0.5) is 0 Å². The number of carboxylic acid groups (broad SMARTS) is 1. The first-order chi connectivity index (χ1) is 9.90. The monoisotopic (exact) mass is 289 g/mol. The van der Waals surface area contributed by atoms with E-state index in [1.54, 1.807) is 0 Å². The Kier molecular flexibility index (Phi) is 4.68. The van der Waals surface area contributed by atoms with Gasteiger partial charge in [0.05, 0.1) is 0 Å². The van der Waals surface area contributed by atoms with Crippen molar-refractivity contribution in [1.82, 2.24) is 4.90 Å². The summed E-state index contributed by atoms with van der Waals surface area (Å²) < 4.78 is 5.52. The molecule has 1 aromatic carbocycles. The molecule has 4 heteroatoms. The number of furan rings is 1. The van der Waals surface area contributed by atoms with E-state index in [0.717, 1.165) is 17.5 Å². The Bertz CT molecular complexity index is 628. The molecular formula is C17H23NO3. The van der Waals surface area contributed by atoms with Crippen molar-refractivity contribution in [1.29, 1.82) is 0 Å². The number of rotatable bonds is 6. The quantitative estimate of drug-likeness (QED) is 0.873. The summed E-state index contributed by atoms with van der Waals surface area (Å²) >= 11 is 0. The van der Waals surface area contributed by atoms with E-state index in [4.69, 9.17) is 4.42 Å². The van der Waals surface area contributed by atoms with Gasteiger partial charge in [0.15, 0.2) is 0 Å². The minimum absolute atomic E-state index is 0.0607. The Morgan fingerprint density at radius 2 is 1.90 bits per heavy atom. The molecule has 2 aromatic rings. The fraction of sp³-hybridized carbons (Fsp3) is 0.471. The van der Waals surface area contributed by atoms with E-state index in [2.05, 4.69) is 32.6 Å². The van der Waals surface area contributed by atoms with Gasteiger partial charge in [0.2, 0.25) is 5.76 Å². The molecule has 1 heterocycles. The lowest BCUT2D eigenvalue weighted by Gasteiger charge is -2.28. The van der Waals surface area contributed by atoms with E-state index in [1.807, 2.05) is 24.3 Å². The van der Waals surface area contributed by atoms with Crippen LogP contribution in [0, 0.1) is 5.92 Å². The Morgan fingerprint density at radius 3 is 2.48 bits per heavy atom. The molecular weight excluding hydrogens is 266 g/mol. The zero-order valence-corrected chi connectivity index (χ0v) is 13.1. The Balaban J connectivity index is 2.43. The van der Waals surface area contributed by atoms with E-state index in [1.165, 1.54) is 0 Å². The standard InChI is InChI=1S/C17H23NO3/c1-11(2)9-18(12(3)4)10-14-13-7-5-6-8-15(13)21-16(14)17(19)20/h5-8,11-12H,9-10H2,1-4H3,(H,19,20). The molecule has 4 nitrogen and oxygen atoms in total. The van der Waals surface area contributed by atoms with Crippen LogP contribution in [0.5, 0.6) is 0 Å². The van der Waals surface area contributed by atoms with Gasteiger partial charge in [-0.15, -0.1) is 0 Å². The van der Waals surface area contributed by atoms with Crippen LogP contribution in [0.3, 0.4) is 0 Å². The smallest absolute Gasteiger partial charge is 0.372 e. The molecule has 0 spiro atoms. The molecule has 0 aliphatic carbocycles. The average molecular weight is 289 g/mol. The first-order valence-corrected chi connectivity index (χ1v) is 7.38. The Labute approximate surface area is 125 Å². The summed E-state index contributed by atoms with van der Waals surface area (Å²) in [5, 5.41) is 10.3. The van der Waals surface area contributed by atoms with Crippen molar-refractivity contribution in [2.24, 2.45) is 5.92 Å². The molecule has 21 heavy (non-hydrogen) atoms. The lowest BCUT2D eigenvalue weighted by Crippen LogP contribution is -2.34. The normalized spacial score (nSPS) is 12.0. The van der Waals surface area contributed by atoms with Gasteiger partial charge in [-0.2, -0.15) is 0 Å². The molecule has 0 fully saturated rings. The van der Waals surface area contributed by atoms with Crippen molar-refractivity contribution >= 4 is 16.9 Å². The van der Waals surface area contributed by atoms with Crippen LogP contribution >= 0.6 is 0 Å². The molecule has 1 N–H and O–H groups in total. The van der Waals surface area contributed by atoms with Crippen molar-refractivity contribution in [2.45, 2.75) is 40.3 Å². The number of aromatic carboxylic acids is 1. The molecule has 0 aliphatic rings. The van der Waals surface area contributed by atoms with Crippen molar-refractivity contribution in [2.75, 3.05) is 6.54 Å². The Morgan fingerprint density at radius 1 is 1.24 bits per heavy atom. The van der Waals surface area contributed by atoms with E-state index < -0.39 is 5.97 Å². The van der Waals surface area contributed by atoms with Crippen LogP contribution in [0.2, 0.25) is 0 Å². The van der Waals surface area contributed by atoms with Crippen LogP contribution in [-0.4, -0.2) is 28.6 Å². The van der Waals surface area contributed by atoms with Gasteiger partial charge in [-0.1, -0.05) is 32.0 Å². The third-order valence-electron chi connectivity index (χ3n) is 3.58. The van der Waals surface area contributed by atoms with Crippen molar-refractivity contribution < 1.29 is 14.3 Å². The number of hydrogen-bond donors (Lipinski definition) is 1. The first-order valence-electron chi connectivity index (χ1n) is 7.38. The molecule has 0 bridgehead atoms. The predicted molar refractivity (Wildman–Crippen MR) is 83.6 cm³/mol. The van der Waals surface area contributed by atoms with Crippen LogP contribution in [0.1, 0.15) is 43.8 Å². The number of carboxylic acids is 1. The molecule has 0 radical (unpaired) electrons. The lowest BCUT2D eigenvalue weighted by atomic mass is 10.1. The summed E-state index contributed by atoms with van der Waals surface area (Å²) in [6, 6.07) is 7.86. The molecule has 2 rings (SSSR count). The minimum atomic E-state index is -1.01.